The average molecular weight is 382 g/mol. The first kappa shape index (κ1) is 18.9. The number of hydrogen-bond acceptors (Lipinski definition) is 4. The van der Waals surface area contributed by atoms with Crippen LogP contribution in [0.4, 0.5) is 8.78 Å². The van der Waals surface area contributed by atoms with E-state index in [1.54, 1.807) is 0 Å². The molecule has 5 nitrogen and oxygen atoms in total. The molecule has 1 heterocycles. The van der Waals surface area contributed by atoms with Crippen molar-refractivity contribution in [3.05, 3.63) is 65.7 Å². The third-order valence-corrected chi connectivity index (χ3v) is 5.64. The molecular formula is C18H20F2N2O3S. The van der Waals surface area contributed by atoms with Crippen LogP contribution < -0.4 is 4.72 Å². The van der Waals surface area contributed by atoms with E-state index >= 15 is 0 Å². The topological polar surface area (TPSA) is 58.6 Å². The van der Waals surface area contributed by atoms with Gasteiger partial charge in [-0.05, 0) is 17.7 Å². The number of nitrogens with one attached hydrogen (secondary N) is 1. The zero-order valence-electron chi connectivity index (χ0n) is 14.1. The van der Waals surface area contributed by atoms with Crippen molar-refractivity contribution in [2.75, 3.05) is 32.8 Å². The number of sulfonamides is 1. The molecule has 2 aromatic rings. The SMILES string of the molecule is O=S(=O)(N[C@@H](CN1CCOCC1)c1ccccc1)c1cc(F)cc(F)c1. The summed E-state index contributed by atoms with van der Waals surface area (Å²) in [6.45, 7) is 3.00. The monoisotopic (exact) mass is 382 g/mol. The molecule has 3 rings (SSSR count). The normalized spacial score (nSPS) is 17.2. The molecule has 2 aromatic carbocycles. The Hall–Kier alpha value is -1.87. The van der Waals surface area contributed by atoms with E-state index in [1.807, 2.05) is 30.3 Å². The fourth-order valence-corrected chi connectivity index (χ4v) is 4.13. The summed E-state index contributed by atoms with van der Waals surface area (Å²) in [6.07, 6.45) is 0. The summed E-state index contributed by atoms with van der Waals surface area (Å²) in [5.74, 6) is -1.87. The maximum absolute atomic E-state index is 13.4. The Labute approximate surface area is 151 Å². The molecule has 0 amide bonds. The lowest BCUT2D eigenvalue weighted by Gasteiger charge is -2.31. The Balaban J connectivity index is 1.86. The van der Waals surface area contributed by atoms with Gasteiger partial charge in [0.2, 0.25) is 10.0 Å². The number of rotatable bonds is 6. The van der Waals surface area contributed by atoms with Gasteiger partial charge in [0.05, 0.1) is 24.2 Å². The smallest absolute Gasteiger partial charge is 0.241 e. The van der Waals surface area contributed by atoms with Crippen molar-refractivity contribution >= 4 is 10.0 Å². The molecule has 1 aliphatic heterocycles. The molecule has 1 aliphatic rings. The number of morpholine rings is 1. The van der Waals surface area contributed by atoms with Gasteiger partial charge >= 0.3 is 0 Å². The van der Waals surface area contributed by atoms with Gasteiger partial charge in [-0.15, -0.1) is 0 Å². The summed E-state index contributed by atoms with van der Waals surface area (Å²) < 4.78 is 60.1. The quantitative estimate of drug-likeness (QED) is 0.833. The predicted molar refractivity (Wildman–Crippen MR) is 93.1 cm³/mol. The van der Waals surface area contributed by atoms with Crippen LogP contribution in [0.1, 0.15) is 11.6 Å². The summed E-state index contributed by atoms with van der Waals surface area (Å²) in [5, 5.41) is 0. The van der Waals surface area contributed by atoms with Crippen LogP contribution in [-0.4, -0.2) is 46.2 Å². The highest BCUT2D eigenvalue weighted by atomic mass is 32.2. The average Bonchev–Trinajstić information content (AvgIpc) is 2.62. The van der Waals surface area contributed by atoms with Gasteiger partial charge in [0.25, 0.3) is 0 Å². The maximum Gasteiger partial charge on any atom is 0.241 e. The van der Waals surface area contributed by atoms with Crippen LogP contribution in [0.5, 0.6) is 0 Å². The Morgan fingerprint density at radius 1 is 1.04 bits per heavy atom. The van der Waals surface area contributed by atoms with Crippen molar-refractivity contribution in [2.45, 2.75) is 10.9 Å². The Bertz CT molecular complexity index is 821. The molecule has 0 bridgehead atoms. The van der Waals surface area contributed by atoms with Gasteiger partial charge in [-0.25, -0.2) is 21.9 Å². The third-order valence-electron chi connectivity index (χ3n) is 4.19. The fraction of sp³-hybridized carbons (Fsp3) is 0.333. The number of nitrogens with zero attached hydrogens (tertiary/aromatic N) is 1. The maximum atomic E-state index is 13.4. The van der Waals surface area contributed by atoms with E-state index in [-0.39, 0.29) is 0 Å². The number of ether oxygens (including phenoxy) is 1. The first-order chi connectivity index (χ1) is 12.4. The first-order valence-corrected chi connectivity index (χ1v) is 9.76. The van der Waals surface area contributed by atoms with Gasteiger partial charge in [0.1, 0.15) is 11.6 Å². The summed E-state index contributed by atoms with van der Waals surface area (Å²) in [6, 6.07) is 10.8. The van der Waals surface area contributed by atoms with Crippen molar-refractivity contribution in [1.29, 1.82) is 0 Å². The van der Waals surface area contributed by atoms with E-state index in [2.05, 4.69) is 9.62 Å². The molecule has 140 valence electrons. The lowest BCUT2D eigenvalue weighted by molar-refractivity contribution is 0.0345. The van der Waals surface area contributed by atoms with Gasteiger partial charge < -0.3 is 4.74 Å². The van der Waals surface area contributed by atoms with Crippen LogP contribution in [0.25, 0.3) is 0 Å². The van der Waals surface area contributed by atoms with Crippen LogP contribution in [-0.2, 0) is 14.8 Å². The van der Waals surface area contributed by atoms with Gasteiger partial charge in [-0.3, -0.25) is 4.90 Å². The standard InChI is InChI=1S/C18H20F2N2O3S/c19-15-10-16(20)12-17(11-15)26(23,24)21-18(14-4-2-1-3-5-14)13-22-6-8-25-9-7-22/h1-5,10-12,18,21H,6-9,13H2/t18-/m0/s1. The minimum atomic E-state index is -4.09. The van der Waals surface area contributed by atoms with Crippen LogP contribution in [0.2, 0.25) is 0 Å². The predicted octanol–water partition coefficient (Wildman–Crippen LogP) is 2.32. The lowest BCUT2D eigenvalue weighted by Crippen LogP contribution is -2.43. The van der Waals surface area contributed by atoms with Crippen LogP contribution >= 0.6 is 0 Å². The Morgan fingerprint density at radius 2 is 1.65 bits per heavy atom. The summed E-state index contributed by atoms with van der Waals surface area (Å²) >= 11 is 0. The second-order valence-corrected chi connectivity index (χ2v) is 7.82. The molecule has 1 atom stereocenters. The van der Waals surface area contributed by atoms with Gasteiger partial charge in [0, 0.05) is 25.7 Å². The zero-order valence-corrected chi connectivity index (χ0v) is 14.9. The highest BCUT2D eigenvalue weighted by Gasteiger charge is 2.25. The number of benzene rings is 2. The minimum Gasteiger partial charge on any atom is -0.379 e. The molecule has 0 unspecified atom stereocenters. The molecule has 8 heteroatoms. The Kier molecular flexibility index (Phi) is 5.98. The minimum absolute atomic E-state index is 0.432. The third kappa shape index (κ3) is 4.85. The van der Waals surface area contributed by atoms with Crippen molar-refractivity contribution in [2.24, 2.45) is 0 Å². The summed E-state index contributed by atoms with van der Waals surface area (Å²) in [7, 11) is -4.09. The van der Waals surface area contributed by atoms with Gasteiger partial charge in [-0.1, -0.05) is 30.3 Å². The van der Waals surface area contributed by atoms with Gasteiger partial charge in [-0.2, -0.15) is 0 Å². The second kappa shape index (κ2) is 8.22. The van der Waals surface area contributed by atoms with E-state index in [0.717, 1.165) is 17.7 Å². The molecule has 0 aromatic heterocycles. The fourth-order valence-electron chi connectivity index (χ4n) is 2.88. The van der Waals surface area contributed by atoms with E-state index in [9.17, 15) is 17.2 Å². The van der Waals surface area contributed by atoms with Crippen molar-refractivity contribution in [3.63, 3.8) is 0 Å². The van der Waals surface area contributed by atoms with Crippen LogP contribution in [0.3, 0.4) is 0 Å². The van der Waals surface area contributed by atoms with E-state index in [4.69, 9.17) is 4.74 Å². The largest absolute Gasteiger partial charge is 0.379 e. The van der Waals surface area contributed by atoms with Crippen LogP contribution in [0.15, 0.2) is 53.4 Å². The molecule has 1 N–H and O–H groups in total. The molecule has 1 fully saturated rings. The van der Waals surface area contributed by atoms with Crippen molar-refractivity contribution in [3.8, 4) is 0 Å². The summed E-state index contributed by atoms with van der Waals surface area (Å²) in [4.78, 5) is 1.66. The molecule has 0 radical (unpaired) electrons. The van der Waals surface area contributed by atoms with Crippen molar-refractivity contribution in [1.82, 2.24) is 9.62 Å². The molecule has 0 aliphatic carbocycles. The lowest BCUT2D eigenvalue weighted by atomic mass is 10.1. The molecule has 0 spiro atoms. The number of hydrogen-bond donors (Lipinski definition) is 1. The zero-order chi connectivity index (χ0) is 18.6. The van der Waals surface area contributed by atoms with Gasteiger partial charge in [0.15, 0.2) is 0 Å². The molecular weight excluding hydrogens is 362 g/mol. The van der Waals surface area contributed by atoms with Crippen LogP contribution in [0, 0.1) is 11.6 Å². The first-order valence-electron chi connectivity index (χ1n) is 8.27. The molecule has 0 saturated carbocycles. The van der Waals surface area contributed by atoms with E-state index < -0.39 is 32.6 Å². The highest BCUT2D eigenvalue weighted by Crippen LogP contribution is 2.20. The number of halogens is 2. The molecule has 26 heavy (non-hydrogen) atoms. The molecule has 1 saturated heterocycles. The van der Waals surface area contributed by atoms with E-state index in [0.29, 0.717) is 38.9 Å². The van der Waals surface area contributed by atoms with Crippen molar-refractivity contribution < 1.29 is 21.9 Å². The van der Waals surface area contributed by atoms with E-state index in [1.165, 1.54) is 0 Å². The Morgan fingerprint density at radius 3 is 2.27 bits per heavy atom. The second-order valence-electron chi connectivity index (χ2n) is 6.10. The summed E-state index contributed by atoms with van der Waals surface area (Å²) in [5.41, 5.74) is 0.777. The highest BCUT2D eigenvalue weighted by molar-refractivity contribution is 7.89.